The molecule has 0 bridgehead atoms. The minimum absolute atomic E-state index is 0.286. The number of H-pyrrole nitrogens is 1. The summed E-state index contributed by atoms with van der Waals surface area (Å²) < 4.78 is 15.5. The van der Waals surface area contributed by atoms with Crippen LogP contribution in [0.1, 0.15) is 13.8 Å². The first kappa shape index (κ1) is 17.1. The van der Waals surface area contributed by atoms with Crippen LogP contribution in [0.2, 0.25) is 0 Å². The molecule has 124 valence electrons. The summed E-state index contributed by atoms with van der Waals surface area (Å²) >= 11 is 1.23. The van der Waals surface area contributed by atoms with Gasteiger partial charge in [0, 0.05) is 6.07 Å². The Balaban J connectivity index is 2.17. The molecule has 0 spiro atoms. The van der Waals surface area contributed by atoms with Gasteiger partial charge in [0.1, 0.15) is 16.7 Å². The Kier molecular flexibility index (Phi) is 5.86. The Morgan fingerprint density at radius 1 is 1.35 bits per heavy atom. The molecule has 0 aliphatic heterocycles. The van der Waals surface area contributed by atoms with Crippen molar-refractivity contribution in [2.75, 3.05) is 20.8 Å². The molecule has 0 fully saturated rings. The van der Waals surface area contributed by atoms with Crippen molar-refractivity contribution in [3.8, 4) is 22.9 Å². The lowest BCUT2D eigenvalue weighted by molar-refractivity contribution is -0.142. The van der Waals surface area contributed by atoms with Crippen LogP contribution in [0.3, 0.4) is 0 Å². The maximum absolute atomic E-state index is 11.7. The molecule has 0 radical (unpaired) electrons. The lowest BCUT2D eigenvalue weighted by Gasteiger charge is -2.08. The molecule has 8 heteroatoms. The predicted molar refractivity (Wildman–Crippen MR) is 86.9 cm³/mol. The summed E-state index contributed by atoms with van der Waals surface area (Å²) in [6.45, 7) is 3.88. The number of benzene rings is 1. The van der Waals surface area contributed by atoms with E-state index in [1.54, 1.807) is 34.1 Å². The van der Waals surface area contributed by atoms with Gasteiger partial charge in [0.15, 0.2) is 5.82 Å². The van der Waals surface area contributed by atoms with Crippen molar-refractivity contribution in [3.05, 3.63) is 18.2 Å². The zero-order chi connectivity index (χ0) is 16.8. The second kappa shape index (κ2) is 7.87. The third-order valence-corrected chi connectivity index (χ3v) is 3.97. The monoisotopic (exact) mass is 337 g/mol. The van der Waals surface area contributed by atoms with Crippen LogP contribution in [0.15, 0.2) is 23.4 Å². The molecule has 0 aliphatic carbocycles. The highest BCUT2D eigenvalue weighted by Gasteiger charge is 2.19. The number of methoxy groups -OCH3 is 2. The smallest absolute Gasteiger partial charge is 0.319 e. The first-order chi connectivity index (χ1) is 11.1. The second-order valence-corrected chi connectivity index (χ2v) is 5.85. The summed E-state index contributed by atoms with van der Waals surface area (Å²) in [6.07, 6.45) is 0. The van der Waals surface area contributed by atoms with Crippen molar-refractivity contribution in [1.82, 2.24) is 15.2 Å². The summed E-state index contributed by atoms with van der Waals surface area (Å²) in [7, 11) is 3.17. The molecule has 2 aromatic rings. The first-order valence-electron chi connectivity index (χ1n) is 7.07. The molecule has 0 saturated carbocycles. The zero-order valence-corrected chi connectivity index (χ0v) is 14.3. The van der Waals surface area contributed by atoms with Crippen LogP contribution in [0.5, 0.6) is 11.5 Å². The molecular weight excluding hydrogens is 318 g/mol. The fraction of sp³-hybridized carbons (Fsp3) is 0.400. The largest absolute Gasteiger partial charge is 0.497 e. The van der Waals surface area contributed by atoms with Crippen molar-refractivity contribution >= 4 is 17.7 Å². The van der Waals surface area contributed by atoms with Gasteiger partial charge >= 0.3 is 5.97 Å². The number of aromatic amines is 1. The van der Waals surface area contributed by atoms with Gasteiger partial charge in [-0.25, -0.2) is 4.98 Å². The van der Waals surface area contributed by atoms with E-state index in [2.05, 4.69) is 15.2 Å². The second-order valence-electron chi connectivity index (χ2n) is 4.54. The lowest BCUT2D eigenvalue weighted by Crippen LogP contribution is -2.16. The van der Waals surface area contributed by atoms with Gasteiger partial charge in [-0.1, -0.05) is 11.8 Å². The molecule has 0 amide bonds. The number of hydrogen-bond acceptors (Lipinski definition) is 7. The maximum Gasteiger partial charge on any atom is 0.319 e. The summed E-state index contributed by atoms with van der Waals surface area (Å²) in [5, 5.41) is 7.07. The van der Waals surface area contributed by atoms with Gasteiger partial charge in [-0.15, -0.1) is 5.10 Å². The highest BCUT2D eigenvalue weighted by molar-refractivity contribution is 8.00. The van der Waals surface area contributed by atoms with Crippen molar-refractivity contribution in [2.24, 2.45) is 0 Å². The fourth-order valence-corrected chi connectivity index (χ4v) is 2.60. The van der Waals surface area contributed by atoms with E-state index in [1.165, 1.54) is 11.8 Å². The maximum atomic E-state index is 11.7. The fourth-order valence-electron chi connectivity index (χ4n) is 1.88. The van der Waals surface area contributed by atoms with Crippen molar-refractivity contribution in [3.63, 3.8) is 0 Å². The number of esters is 1. The minimum Gasteiger partial charge on any atom is -0.497 e. The predicted octanol–water partition coefficient (Wildman–Crippen LogP) is 2.53. The Labute approximate surface area is 138 Å². The SMILES string of the molecule is CCOC(=O)C(C)Sc1n[nH]c(-c2ccc(OC)cc2OC)n1. The van der Waals surface area contributed by atoms with E-state index in [-0.39, 0.29) is 11.2 Å². The van der Waals surface area contributed by atoms with E-state index in [9.17, 15) is 4.79 Å². The van der Waals surface area contributed by atoms with E-state index in [0.717, 1.165) is 5.56 Å². The number of carbonyl (C=O) groups is 1. The van der Waals surface area contributed by atoms with Crippen LogP contribution < -0.4 is 9.47 Å². The molecule has 1 aromatic carbocycles. The third-order valence-electron chi connectivity index (χ3n) is 3.03. The van der Waals surface area contributed by atoms with Gasteiger partial charge in [0.05, 0.1) is 26.4 Å². The number of ether oxygens (including phenoxy) is 3. The van der Waals surface area contributed by atoms with Crippen molar-refractivity contribution < 1.29 is 19.0 Å². The number of thioether (sulfide) groups is 1. The average molecular weight is 337 g/mol. The number of nitrogens with zero attached hydrogens (tertiary/aromatic N) is 2. The standard InChI is InChI=1S/C15H19N3O4S/c1-5-22-14(19)9(2)23-15-16-13(17-18-15)11-7-6-10(20-3)8-12(11)21-4/h6-9H,5H2,1-4H3,(H,16,17,18). The van der Waals surface area contributed by atoms with E-state index in [0.29, 0.717) is 29.1 Å². The molecule has 1 heterocycles. The Hall–Kier alpha value is -2.22. The Bertz CT molecular complexity index is 674. The summed E-state index contributed by atoms with van der Waals surface area (Å²) in [5.74, 6) is 1.58. The lowest BCUT2D eigenvalue weighted by atomic mass is 10.2. The molecule has 23 heavy (non-hydrogen) atoms. The van der Waals surface area contributed by atoms with Crippen LogP contribution in [0.25, 0.3) is 11.4 Å². The minimum atomic E-state index is -0.378. The first-order valence-corrected chi connectivity index (χ1v) is 7.95. The van der Waals surface area contributed by atoms with Crippen molar-refractivity contribution in [2.45, 2.75) is 24.3 Å². The molecule has 2 rings (SSSR count). The molecule has 7 nitrogen and oxygen atoms in total. The summed E-state index contributed by atoms with van der Waals surface area (Å²) in [4.78, 5) is 16.0. The van der Waals surface area contributed by atoms with E-state index < -0.39 is 0 Å². The number of hydrogen-bond donors (Lipinski definition) is 1. The van der Waals surface area contributed by atoms with E-state index in [1.807, 2.05) is 12.1 Å². The topological polar surface area (TPSA) is 86.3 Å². The summed E-state index contributed by atoms with van der Waals surface area (Å²) in [6, 6.07) is 5.42. The quantitative estimate of drug-likeness (QED) is 0.613. The average Bonchev–Trinajstić information content (AvgIpc) is 3.02. The van der Waals surface area contributed by atoms with E-state index >= 15 is 0 Å². The number of nitrogens with one attached hydrogen (secondary N) is 1. The van der Waals surface area contributed by atoms with Crippen LogP contribution >= 0.6 is 11.8 Å². The number of aromatic nitrogens is 3. The van der Waals surface area contributed by atoms with Crippen LogP contribution in [-0.4, -0.2) is 47.2 Å². The van der Waals surface area contributed by atoms with Gasteiger partial charge in [0.25, 0.3) is 0 Å². The molecule has 1 N–H and O–H groups in total. The highest BCUT2D eigenvalue weighted by Crippen LogP contribution is 2.32. The molecular formula is C15H19N3O4S. The van der Waals surface area contributed by atoms with Gasteiger partial charge in [-0.05, 0) is 26.0 Å². The van der Waals surface area contributed by atoms with E-state index in [4.69, 9.17) is 14.2 Å². The number of carbonyl (C=O) groups excluding carboxylic acids is 1. The van der Waals surface area contributed by atoms with Crippen molar-refractivity contribution in [1.29, 1.82) is 0 Å². The van der Waals surface area contributed by atoms with Gasteiger partial charge in [-0.3, -0.25) is 9.89 Å². The van der Waals surface area contributed by atoms with Gasteiger partial charge in [-0.2, -0.15) is 0 Å². The van der Waals surface area contributed by atoms with Gasteiger partial charge < -0.3 is 14.2 Å². The molecule has 1 atom stereocenters. The molecule has 1 aromatic heterocycles. The Morgan fingerprint density at radius 3 is 2.78 bits per heavy atom. The number of rotatable bonds is 7. The normalized spacial score (nSPS) is 11.8. The van der Waals surface area contributed by atoms with Crippen LogP contribution in [0, 0.1) is 0 Å². The molecule has 1 unspecified atom stereocenters. The van der Waals surface area contributed by atoms with Crippen LogP contribution in [-0.2, 0) is 9.53 Å². The van der Waals surface area contributed by atoms with Crippen LogP contribution in [0.4, 0.5) is 0 Å². The Morgan fingerprint density at radius 2 is 2.13 bits per heavy atom. The summed E-state index contributed by atoms with van der Waals surface area (Å²) in [5.41, 5.74) is 0.761. The third kappa shape index (κ3) is 4.16. The highest BCUT2D eigenvalue weighted by atomic mass is 32.2. The molecule has 0 saturated heterocycles. The van der Waals surface area contributed by atoms with Gasteiger partial charge in [0.2, 0.25) is 5.16 Å². The molecule has 0 aliphatic rings. The zero-order valence-electron chi connectivity index (χ0n) is 13.5.